The monoisotopic (exact) mass is 274 g/mol. The molecule has 2 heterocycles. The minimum Gasteiger partial charge on any atom is -0.353 e. The number of carbonyl (C=O) groups excluding carboxylic acids is 3. The first-order valence-electron chi connectivity index (χ1n) is 6.28. The number of hydrogen-bond donors (Lipinski definition) is 3. The molecule has 3 rings (SSSR count). The molecule has 1 aromatic rings. The highest BCUT2D eigenvalue weighted by Crippen LogP contribution is 2.33. The molecule has 3 amide bonds. The Labute approximate surface area is 115 Å². The fraction of sp³-hybridized carbons (Fsp3) is 0.308. The highest BCUT2D eigenvalue weighted by molar-refractivity contribution is 6.04. The Morgan fingerprint density at radius 1 is 1.15 bits per heavy atom. The molecular formula is C13H14N4O3. The van der Waals surface area contributed by atoms with Gasteiger partial charge in [0.25, 0.3) is 0 Å². The van der Waals surface area contributed by atoms with E-state index < -0.39 is 0 Å². The quantitative estimate of drug-likeness (QED) is 0.624. The van der Waals surface area contributed by atoms with E-state index in [1.807, 2.05) is 12.1 Å². The molecule has 1 saturated heterocycles. The smallest absolute Gasteiger partial charge is 0.246 e. The van der Waals surface area contributed by atoms with Crippen LogP contribution in [0.2, 0.25) is 0 Å². The molecule has 2 aliphatic heterocycles. The number of piperazine rings is 1. The van der Waals surface area contributed by atoms with Gasteiger partial charge in [-0.15, -0.1) is 0 Å². The van der Waals surface area contributed by atoms with E-state index in [0.29, 0.717) is 5.69 Å². The molecule has 0 aromatic heterocycles. The highest BCUT2D eigenvalue weighted by Gasteiger charge is 2.30. The van der Waals surface area contributed by atoms with Gasteiger partial charge in [0.15, 0.2) is 0 Å². The fourth-order valence-corrected chi connectivity index (χ4v) is 2.55. The van der Waals surface area contributed by atoms with Gasteiger partial charge in [-0.25, -0.2) is 0 Å². The molecular weight excluding hydrogens is 260 g/mol. The Hall–Kier alpha value is -2.41. The van der Waals surface area contributed by atoms with Crippen LogP contribution in [-0.4, -0.2) is 37.9 Å². The number of hydrogen-bond acceptors (Lipinski definition) is 5. The molecule has 1 fully saturated rings. The van der Waals surface area contributed by atoms with E-state index in [9.17, 15) is 14.4 Å². The summed E-state index contributed by atoms with van der Waals surface area (Å²) < 4.78 is 0. The van der Waals surface area contributed by atoms with Crippen molar-refractivity contribution in [3.8, 4) is 0 Å². The summed E-state index contributed by atoms with van der Waals surface area (Å²) in [6, 6.07) is 5.08. The van der Waals surface area contributed by atoms with Crippen molar-refractivity contribution in [2.24, 2.45) is 0 Å². The van der Waals surface area contributed by atoms with E-state index in [-0.39, 0.29) is 36.9 Å². The first-order valence-corrected chi connectivity index (χ1v) is 6.28. The number of carbonyl (C=O) groups is 3. The second-order valence-corrected chi connectivity index (χ2v) is 4.81. The third-order valence-electron chi connectivity index (χ3n) is 3.47. The lowest BCUT2D eigenvalue weighted by Gasteiger charge is -2.27. The van der Waals surface area contributed by atoms with Crippen LogP contribution in [0.1, 0.15) is 11.6 Å². The van der Waals surface area contributed by atoms with E-state index in [4.69, 9.17) is 0 Å². The lowest BCUT2D eigenvalue weighted by molar-refractivity contribution is -0.130. The molecule has 0 radical (unpaired) electrons. The molecule has 0 saturated carbocycles. The van der Waals surface area contributed by atoms with E-state index >= 15 is 0 Å². The zero-order chi connectivity index (χ0) is 14.3. The van der Waals surface area contributed by atoms with E-state index in [1.165, 1.54) is 0 Å². The Bertz CT molecular complexity index is 598. The van der Waals surface area contributed by atoms with Crippen molar-refractivity contribution < 1.29 is 14.4 Å². The van der Waals surface area contributed by atoms with Gasteiger partial charge in [0.2, 0.25) is 17.7 Å². The average Bonchev–Trinajstić information content (AvgIpc) is 2.71. The molecule has 7 nitrogen and oxygen atoms in total. The van der Waals surface area contributed by atoms with Gasteiger partial charge in [0.05, 0.1) is 13.1 Å². The van der Waals surface area contributed by atoms with Gasteiger partial charge in [-0.05, 0) is 19.2 Å². The average molecular weight is 274 g/mol. The number of imide groups is 1. The molecule has 2 aliphatic rings. The predicted octanol–water partition coefficient (Wildman–Crippen LogP) is -0.638. The highest BCUT2D eigenvalue weighted by atomic mass is 16.2. The number of rotatable bonds is 2. The summed E-state index contributed by atoms with van der Waals surface area (Å²) >= 11 is 0. The normalized spacial score (nSPS) is 21.6. The van der Waals surface area contributed by atoms with Gasteiger partial charge in [-0.3, -0.25) is 19.7 Å². The summed E-state index contributed by atoms with van der Waals surface area (Å²) in [6.07, 6.45) is 0. The molecule has 1 atom stereocenters. The van der Waals surface area contributed by atoms with Crippen LogP contribution in [0.3, 0.4) is 0 Å². The van der Waals surface area contributed by atoms with E-state index in [1.54, 1.807) is 18.0 Å². The topological polar surface area (TPSA) is 90.5 Å². The third kappa shape index (κ3) is 2.01. The minimum atomic E-state index is -0.356. The summed E-state index contributed by atoms with van der Waals surface area (Å²) in [7, 11) is 1.72. The SMILES string of the molecule is CNC1C(=O)Nc2cc(N3CC(=O)NC(=O)C3)ccc21. The summed E-state index contributed by atoms with van der Waals surface area (Å²) in [5.74, 6) is -0.745. The summed E-state index contributed by atoms with van der Waals surface area (Å²) in [5.41, 5.74) is 2.32. The van der Waals surface area contributed by atoms with Crippen molar-refractivity contribution in [3.63, 3.8) is 0 Å². The van der Waals surface area contributed by atoms with Crippen LogP contribution in [0.25, 0.3) is 0 Å². The zero-order valence-electron chi connectivity index (χ0n) is 10.9. The number of amides is 3. The molecule has 1 aromatic carbocycles. The summed E-state index contributed by atoms with van der Waals surface area (Å²) in [4.78, 5) is 36.2. The van der Waals surface area contributed by atoms with E-state index in [2.05, 4.69) is 16.0 Å². The number of fused-ring (bicyclic) bond motifs is 1. The minimum absolute atomic E-state index is 0.105. The largest absolute Gasteiger partial charge is 0.353 e. The maximum absolute atomic E-state index is 11.7. The Balaban J connectivity index is 1.90. The van der Waals surface area contributed by atoms with Crippen LogP contribution in [-0.2, 0) is 14.4 Å². The van der Waals surface area contributed by atoms with Gasteiger partial charge in [0, 0.05) is 16.9 Å². The van der Waals surface area contributed by atoms with Crippen LogP contribution in [0.15, 0.2) is 18.2 Å². The van der Waals surface area contributed by atoms with Gasteiger partial charge < -0.3 is 15.5 Å². The molecule has 0 bridgehead atoms. The fourth-order valence-electron chi connectivity index (χ4n) is 2.55. The first kappa shape index (κ1) is 12.6. The Morgan fingerprint density at radius 3 is 2.50 bits per heavy atom. The van der Waals surface area contributed by atoms with Gasteiger partial charge in [0.1, 0.15) is 6.04 Å². The second kappa shape index (κ2) is 4.61. The van der Waals surface area contributed by atoms with Crippen LogP contribution >= 0.6 is 0 Å². The molecule has 7 heteroatoms. The van der Waals surface area contributed by atoms with Crippen LogP contribution < -0.4 is 20.9 Å². The second-order valence-electron chi connectivity index (χ2n) is 4.81. The lowest BCUT2D eigenvalue weighted by atomic mass is 10.1. The van der Waals surface area contributed by atoms with Crippen LogP contribution in [0.5, 0.6) is 0 Å². The zero-order valence-corrected chi connectivity index (χ0v) is 10.9. The van der Waals surface area contributed by atoms with Crippen LogP contribution in [0, 0.1) is 0 Å². The maximum atomic E-state index is 11.7. The third-order valence-corrected chi connectivity index (χ3v) is 3.47. The number of anilines is 2. The standard InChI is InChI=1S/C13H14N4O3/c1-14-12-8-3-2-7(4-9(8)15-13(12)20)17-5-10(18)16-11(19)6-17/h2-4,12,14H,5-6H2,1H3,(H,15,20)(H,16,18,19). The van der Waals surface area contributed by atoms with Gasteiger partial charge >= 0.3 is 0 Å². The van der Waals surface area contributed by atoms with Crippen molar-refractivity contribution >= 4 is 29.1 Å². The van der Waals surface area contributed by atoms with Crippen molar-refractivity contribution in [3.05, 3.63) is 23.8 Å². The number of benzene rings is 1. The van der Waals surface area contributed by atoms with Crippen molar-refractivity contribution in [2.75, 3.05) is 30.4 Å². The molecule has 0 spiro atoms. The van der Waals surface area contributed by atoms with Crippen LogP contribution in [0.4, 0.5) is 11.4 Å². The van der Waals surface area contributed by atoms with Gasteiger partial charge in [-0.1, -0.05) is 6.07 Å². The molecule has 20 heavy (non-hydrogen) atoms. The molecule has 1 unspecified atom stereocenters. The number of nitrogens with zero attached hydrogens (tertiary/aromatic N) is 1. The number of nitrogens with one attached hydrogen (secondary N) is 3. The summed E-state index contributed by atoms with van der Waals surface area (Å²) in [6.45, 7) is 0.266. The molecule has 104 valence electrons. The Kier molecular flexibility index (Phi) is 2.90. The van der Waals surface area contributed by atoms with Crippen molar-refractivity contribution in [2.45, 2.75) is 6.04 Å². The number of likely N-dealkylation sites (N-methyl/N-ethyl adjacent to an activating group) is 1. The predicted molar refractivity (Wildman–Crippen MR) is 72.2 cm³/mol. The van der Waals surface area contributed by atoms with E-state index in [0.717, 1.165) is 11.3 Å². The maximum Gasteiger partial charge on any atom is 0.246 e. The molecule has 0 aliphatic carbocycles. The molecule has 3 N–H and O–H groups in total. The Morgan fingerprint density at radius 2 is 1.85 bits per heavy atom. The lowest BCUT2D eigenvalue weighted by Crippen LogP contribution is -2.51. The van der Waals surface area contributed by atoms with Crippen molar-refractivity contribution in [1.82, 2.24) is 10.6 Å². The summed E-state index contributed by atoms with van der Waals surface area (Å²) in [5, 5.41) is 7.98. The first-order chi connectivity index (χ1) is 9.58. The van der Waals surface area contributed by atoms with Gasteiger partial charge in [-0.2, -0.15) is 0 Å². The van der Waals surface area contributed by atoms with Crippen molar-refractivity contribution in [1.29, 1.82) is 0 Å².